The van der Waals surface area contributed by atoms with Crippen LogP contribution in [-0.2, 0) is 24.0 Å². The Labute approximate surface area is 229 Å². The van der Waals surface area contributed by atoms with Gasteiger partial charge in [-0.15, -0.1) is 0 Å². The Bertz CT molecular complexity index is 491. The molecular weight excluding hydrogens is 504 g/mol. The second-order valence-corrected chi connectivity index (χ2v) is 5.46. The van der Waals surface area contributed by atoms with Gasteiger partial charge in [0.25, 0.3) is 0 Å². The summed E-state index contributed by atoms with van der Waals surface area (Å²) in [6, 6.07) is 0. The molecule has 3 atom stereocenters. The molecule has 0 aliphatic rings. The van der Waals surface area contributed by atoms with Gasteiger partial charge in [0, 0.05) is 12.8 Å². The van der Waals surface area contributed by atoms with Crippen molar-refractivity contribution in [3.63, 3.8) is 0 Å². The lowest BCUT2D eigenvalue weighted by Crippen LogP contribution is -2.14. The molecule has 0 heterocycles. The smallest absolute Gasteiger partial charge is 0.516 e. The zero-order chi connectivity index (χ0) is 31.3. The lowest BCUT2D eigenvalue weighted by atomic mass is 10.1. The van der Waals surface area contributed by atoms with Crippen molar-refractivity contribution in [1.29, 1.82) is 0 Å². The largest absolute Gasteiger partial charge is 1.00 e. The number of aliphatic hydroxyl groups excluding tert-OH is 6. The van der Waals surface area contributed by atoms with Crippen LogP contribution in [0.25, 0.3) is 0 Å². The molecule has 0 aromatic carbocycles. The molecule has 0 fully saturated rings. The van der Waals surface area contributed by atoms with E-state index in [-0.39, 0.29) is 27.6 Å². The first kappa shape index (κ1) is 59.4. The first-order chi connectivity index (χ1) is 17.4. The molecule has 38 heavy (non-hydrogen) atoms. The van der Waals surface area contributed by atoms with Gasteiger partial charge in [-0.25, -0.2) is 0 Å². The molecule has 0 spiro atoms. The van der Waals surface area contributed by atoms with Crippen molar-refractivity contribution in [3.8, 4) is 0 Å². The number of aliphatic hydroxyl groups is 6. The summed E-state index contributed by atoms with van der Waals surface area (Å²) >= 11 is 0. The Hall–Kier alpha value is -3.71. The molecule has 0 aliphatic carbocycles. The summed E-state index contributed by atoms with van der Waals surface area (Å²) in [6.07, 6.45) is 11.6. The lowest BCUT2D eigenvalue weighted by Gasteiger charge is -2.07. The molecule has 0 radical (unpaired) electrons. The van der Waals surface area contributed by atoms with Gasteiger partial charge in [-0.2, -0.15) is 0 Å². The SMILES string of the molecule is C=CO.C=CO.C=CO.CC(O)CC(O)CC=O.CC(O)CC=O.CC=CC=CC=O.CC=O.CC=O.O.[H+].[H+]. The van der Waals surface area contributed by atoms with Crippen molar-refractivity contribution >= 4 is 31.4 Å². The van der Waals surface area contributed by atoms with E-state index in [9.17, 15) is 14.4 Å². The van der Waals surface area contributed by atoms with Crippen molar-refractivity contribution in [2.75, 3.05) is 0 Å². The molecule has 0 amide bonds. The van der Waals surface area contributed by atoms with E-state index in [0.29, 0.717) is 12.6 Å². The summed E-state index contributed by atoms with van der Waals surface area (Å²) in [7, 11) is 0. The van der Waals surface area contributed by atoms with Crippen LogP contribution in [0.3, 0.4) is 0 Å². The summed E-state index contributed by atoms with van der Waals surface area (Å²) in [5.41, 5.74) is 0. The van der Waals surface area contributed by atoms with Crippen molar-refractivity contribution < 1.29 is 62.9 Å². The van der Waals surface area contributed by atoms with Crippen molar-refractivity contribution in [2.45, 2.75) is 72.2 Å². The molecule has 0 rings (SSSR count). The van der Waals surface area contributed by atoms with E-state index in [1.807, 2.05) is 13.0 Å². The number of allylic oxidation sites excluding steroid dienone is 4. The van der Waals surface area contributed by atoms with E-state index in [0.717, 1.165) is 37.6 Å². The zero-order valence-corrected chi connectivity index (χ0v) is 23.1. The number of carbonyl (C=O) groups is 5. The van der Waals surface area contributed by atoms with Gasteiger partial charge >= 0.3 is 2.85 Å². The molecule has 0 aromatic heterocycles. The minimum atomic E-state index is -0.678. The minimum absolute atomic E-state index is 0. The molecule has 0 aliphatic heterocycles. The monoisotopic (exact) mass is 556 g/mol. The molecule has 3 unspecified atom stereocenters. The number of hydrogen-bond donors (Lipinski definition) is 6. The van der Waals surface area contributed by atoms with Crippen LogP contribution < -0.4 is 0 Å². The fourth-order valence-electron chi connectivity index (χ4n) is 0.961. The minimum Gasteiger partial charge on any atom is -0.516 e. The van der Waals surface area contributed by atoms with Crippen molar-refractivity contribution in [1.82, 2.24) is 0 Å². The molecule has 0 aromatic rings. The zero-order valence-electron chi connectivity index (χ0n) is 25.1. The summed E-state index contributed by atoms with van der Waals surface area (Å²) in [5, 5.41) is 47.8. The van der Waals surface area contributed by atoms with Gasteiger partial charge < -0.3 is 55.3 Å². The van der Waals surface area contributed by atoms with Gasteiger partial charge in [0.05, 0.1) is 37.1 Å². The van der Waals surface area contributed by atoms with E-state index >= 15 is 0 Å². The second-order valence-electron chi connectivity index (χ2n) is 5.46. The number of hydrogen-bond acceptors (Lipinski definition) is 11. The van der Waals surface area contributed by atoms with Gasteiger partial charge in [0.1, 0.15) is 31.4 Å². The third kappa shape index (κ3) is 299. The highest BCUT2D eigenvalue weighted by Gasteiger charge is 2.05. The molecule has 0 bridgehead atoms. The van der Waals surface area contributed by atoms with Crippen LogP contribution in [0.1, 0.15) is 56.7 Å². The Morgan fingerprint density at radius 1 is 0.658 bits per heavy atom. The Balaban J connectivity index is -0.0000000276. The van der Waals surface area contributed by atoms with Crippen LogP contribution in [0.15, 0.2) is 62.8 Å². The number of aldehydes is 5. The van der Waals surface area contributed by atoms with Gasteiger partial charge in [0.15, 0.2) is 0 Å². The van der Waals surface area contributed by atoms with Crippen molar-refractivity contribution in [2.24, 2.45) is 0 Å². The quantitative estimate of drug-likeness (QED) is 0.110. The van der Waals surface area contributed by atoms with Crippen molar-refractivity contribution in [3.05, 3.63) is 62.8 Å². The van der Waals surface area contributed by atoms with Gasteiger partial charge in [-0.05, 0) is 47.1 Å². The van der Waals surface area contributed by atoms with Crippen LogP contribution in [-0.4, -0.2) is 85.9 Å². The Morgan fingerprint density at radius 3 is 1.13 bits per heavy atom. The van der Waals surface area contributed by atoms with E-state index in [1.165, 1.54) is 19.9 Å². The fourth-order valence-corrected chi connectivity index (χ4v) is 0.961. The van der Waals surface area contributed by atoms with Gasteiger partial charge in [-0.3, -0.25) is 4.79 Å². The molecule has 8 N–H and O–H groups in total. The maximum atomic E-state index is 9.76. The van der Waals surface area contributed by atoms with Crippen LogP contribution in [0.2, 0.25) is 0 Å². The van der Waals surface area contributed by atoms with Crippen LogP contribution in [0.5, 0.6) is 0 Å². The van der Waals surface area contributed by atoms with E-state index < -0.39 is 18.3 Å². The average Bonchev–Trinajstić information content (AvgIpc) is 2.77. The Kier molecular flexibility index (Phi) is 132. The molecule has 12 heteroatoms. The summed E-state index contributed by atoms with van der Waals surface area (Å²) in [5.74, 6) is 0. The van der Waals surface area contributed by atoms with Gasteiger partial charge in [-0.1, -0.05) is 38.0 Å². The predicted octanol–water partition coefficient (Wildman–Crippen LogP) is 2.86. The molecule has 12 nitrogen and oxygen atoms in total. The lowest BCUT2D eigenvalue weighted by molar-refractivity contribution is -0.110. The predicted molar refractivity (Wildman–Crippen MR) is 153 cm³/mol. The fraction of sp³-hybridized carbons (Fsp3) is 0.423. The van der Waals surface area contributed by atoms with E-state index in [4.69, 9.17) is 40.2 Å². The van der Waals surface area contributed by atoms with Crippen LogP contribution in [0.4, 0.5) is 0 Å². The molecule has 0 saturated carbocycles. The number of rotatable bonds is 8. The molecule has 0 saturated heterocycles. The highest BCUT2D eigenvalue weighted by molar-refractivity contribution is 5.65. The maximum absolute atomic E-state index is 9.76. The molecule has 226 valence electrons. The summed E-state index contributed by atoms with van der Waals surface area (Å²) in [6.45, 7) is 16.7. The first-order valence-electron chi connectivity index (χ1n) is 10.6. The normalized spacial score (nSPS) is 9.79. The average molecular weight is 557 g/mol. The molecular formula is C26H52O12+2. The highest BCUT2D eigenvalue weighted by Crippen LogP contribution is 1.98. The number of carbonyl (C=O) groups excluding carboxylic acids is 5. The standard InChI is InChI=1S/C6H12O3.C6H8O.C4H8O2.5C2H4O.H2O/c1-5(8)4-6(9)2-3-7;1-2-3-4-5-6-7;1-4(6)2-3-5;5*1-2-3;/h3,5-6,8-9H,2,4H2,1H3;2-6H,1H3;3-4,6H,2H2,1H3;2*2H,1H3;3*2-3H,1H2;1H2/p+2. The summed E-state index contributed by atoms with van der Waals surface area (Å²) in [4.78, 5) is 46.4. The van der Waals surface area contributed by atoms with E-state index in [2.05, 4.69) is 19.7 Å². The second kappa shape index (κ2) is 84.3. The van der Waals surface area contributed by atoms with Crippen LogP contribution in [0, 0.1) is 0 Å². The van der Waals surface area contributed by atoms with Crippen LogP contribution >= 0.6 is 0 Å². The first-order valence-corrected chi connectivity index (χ1v) is 10.6. The Morgan fingerprint density at radius 2 is 0.974 bits per heavy atom. The van der Waals surface area contributed by atoms with E-state index in [1.54, 1.807) is 26.0 Å². The summed E-state index contributed by atoms with van der Waals surface area (Å²) < 4.78 is 0. The topological polar surface area (TPSA) is 238 Å². The third-order valence-electron chi connectivity index (χ3n) is 1.91. The third-order valence-corrected chi connectivity index (χ3v) is 1.91. The highest BCUT2D eigenvalue weighted by atomic mass is 16.3. The van der Waals surface area contributed by atoms with Gasteiger partial charge in [0.2, 0.25) is 0 Å². The maximum Gasteiger partial charge on any atom is 1.00 e.